The Hall–Kier alpha value is -1.63. The van der Waals surface area contributed by atoms with Crippen LogP contribution in [0.3, 0.4) is 0 Å². The summed E-state index contributed by atoms with van der Waals surface area (Å²) >= 11 is 0. The van der Waals surface area contributed by atoms with Gasteiger partial charge in [-0.15, -0.1) is 0 Å². The fourth-order valence-corrected chi connectivity index (χ4v) is 1.50. The number of Topliss-reactive ketones (excluding diaryl/α,β-unsaturated/α-hetero) is 1. The second-order valence-corrected chi connectivity index (χ2v) is 3.64. The Morgan fingerprint density at radius 3 is 2.93 bits per heavy atom. The topological polar surface area (TPSA) is 58.7 Å². The molecule has 0 bridgehead atoms. The molecular formula is C11H15N3O. The zero-order valence-corrected chi connectivity index (χ0v) is 9.32. The highest BCUT2D eigenvalue weighted by Crippen LogP contribution is 2.15. The zero-order valence-electron chi connectivity index (χ0n) is 9.32. The highest BCUT2D eigenvalue weighted by atomic mass is 16.1. The molecule has 0 aliphatic rings. The van der Waals surface area contributed by atoms with Crippen molar-refractivity contribution < 1.29 is 4.79 Å². The summed E-state index contributed by atoms with van der Waals surface area (Å²) in [6, 6.07) is 2.01. The van der Waals surface area contributed by atoms with Crippen LogP contribution in [0, 0.1) is 17.2 Å². The highest BCUT2D eigenvalue weighted by Gasteiger charge is 2.19. The normalized spacial score (nSPS) is 12.1. The largest absolute Gasteiger partial charge is 0.294 e. The number of nitriles is 1. The first-order valence-corrected chi connectivity index (χ1v) is 5.03. The third kappa shape index (κ3) is 2.44. The predicted molar refractivity (Wildman–Crippen MR) is 56.3 cm³/mol. The lowest BCUT2D eigenvalue weighted by atomic mass is 9.97. The van der Waals surface area contributed by atoms with Crippen molar-refractivity contribution in [1.29, 1.82) is 5.26 Å². The smallest absolute Gasteiger partial charge is 0.170 e. The van der Waals surface area contributed by atoms with Crippen LogP contribution in [0.15, 0.2) is 6.20 Å². The Morgan fingerprint density at radius 2 is 2.40 bits per heavy atom. The van der Waals surface area contributed by atoms with Gasteiger partial charge in [-0.3, -0.25) is 9.48 Å². The number of hydrogen-bond acceptors (Lipinski definition) is 3. The first kappa shape index (κ1) is 11.4. The van der Waals surface area contributed by atoms with Gasteiger partial charge in [-0.25, -0.2) is 0 Å². The van der Waals surface area contributed by atoms with E-state index in [0.717, 1.165) is 12.1 Å². The molecule has 1 atom stereocenters. The van der Waals surface area contributed by atoms with Gasteiger partial charge in [0.05, 0.1) is 17.3 Å². The summed E-state index contributed by atoms with van der Waals surface area (Å²) in [7, 11) is 1.80. The third-order valence-electron chi connectivity index (χ3n) is 2.35. The summed E-state index contributed by atoms with van der Waals surface area (Å²) in [5.74, 6) is -0.231. The van der Waals surface area contributed by atoms with Crippen LogP contribution in [-0.2, 0) is 13.5 Å². The second kappa shape index (κ2) is 4.74. The van der Waals surface area contributed by atoms with E-state index < -0.39 is 0 Å². The van der Waals surface area contributed by atoms with Gasteiger partial charge in [0, 0.05) is 25.6 Å². The van der Waals surface area contributed by atoms with Crippen LogP contribution in [0.4, 0.5) is 0 Å². The minimum absolute atomic E-state index is 0.0153. The van der Waals surface area contributed by atoms with E-state index in [2.05, 4.69) is 5.10 Å². The Labute approximate surface area is 89.5 Å². The molecule has 0 spiro atoms. The fourth-order valence-electron chi connectivity index (χ4n) is 1.50. The molecule has 0 aliphatic heterocycles. The minimum Gasteiger partial charge on any atom is -0.294 e. The first-order chi connectivity index (χ1) is 7.10. The molecule has 0 radical (unpaired) electrons. The van der Waals surface area contributed by atoms with Crippen molar-refractivity contribution >= 4 is 5.78 Å². The van der Waals surface area contributed by atoms with E-state index in [0.29, 0.717) is 5.56 Å². The van der Waals surface area contributed by atoms with E-state index in [-0.39, 0.29) is 18.1 Å². The number of aryl methyl sites for hydroxylation is 2. The predicted octanol–water partition coefficient (Wildman–Crippen LogP) is 1.71. The van der Waals surface area contributed by atoms with Crippen LogP contribution in [0.25, 0.3) is 0 Å². The van der Waals surface area contributed by atoms with Crippen LogP contribution in [0.1, 0.15) is 36.3 Å². The molecule has 1 unspecified atom stereocenters. The lowest BCUT2D eigenvalue weighted by Crippen LogP contribution is -2.11. The minimum atomic E-state index is -0.246. The van der Waals surface area contributed by atoms with E-state index in [1.807, 2.05) is 13.0 Å². The number of nitrogens with zero attached hydrogens (tertiary/aromatic N) is 3. The van der Waals surface area contributed by atoms with Crippen molar-refractivity contribution in [2.24, 2.45) is 13.0 Å². The summed E-state index contributed by atoms with van der Waals surface area (Å²) in [5, 5.41) is 12.7. The van der Waals surface area contributed by atoms with E-state index in [1.165, 1.54) is 0 Å². The van der Waals surface area contributed by atoms with E-state index >= 15 is 0 Å². The average molecular weight is 205 g/mol. The molecule has 0 aliphatic carbocycles. The summed E-state index contributed by atoms with van der Waals surface area (Å²) in [4.78, 5) is 11.9. The third-order valence-corrected chi connectivity index (χ3v) is 2.35. The Kier molecular flexibility index (Phi) is 3.62. The van der Waals surface area contributed by atoms with Gasteiger partial charge in [0.25, 0.3) is 0 Å². The standard InChI is InChI=1S/C11H15N3O/c1-4-10-9(7-14(3)13-10)11(15)8(2)5-6-12/h7-8H,4-5H2,1-3H3. The molecule has 1 aromatic rings. The number of aromatic nitrogens is 2. The maximum absolute atomic E-state index is 11.9. The summed E-state index contributed by atoms with van der Waals surface area (Å²) in [6.45, 7) is 3.74. The van der Waals surface area contributed by atoms with Crippen molar-refractivity contribution in [3.8, 4) is 6.07 Å². The van der Waals surface area contributed by atoms with Gasteiger partial charge in [-0.1, -0.05) is 13.8 Å². The maximum Gasteiger partial charge on any atom is 0.170 e. The van der Waals surface area contributed by atoms with Gasteiger partial charge in [0.2, 0.25) is 0 Å². The van der Waals surface area contributed by atoms with Gasteiger partial charge < -0.3 is 0 Å². The molecule has 1 heterocycles. The lowest BCUT2D eigenvalue weighted by molar-refractivity contribution is 0.0931. The number of hydrogen-bond donors (Lipinski definition) is 0. The van der Waals surface area contributed by atoms with Gasteiger partial charge >= 0.3 is 0 Å². The van der Waals surface area contributed by atoms with E-state index in [9.17, 15) is 4.79 Å². The summed E-state index contributed by atoms with van der Waals surface area (Å²) in [6.07, 6.45) is 2.73. The molecule has 1 rings (SSSR count). The van der Waals surface area contributed by atoms with Crippen LogP contribution in [0.2, 0.25) is 0 Å². The Balaban J connectivity index is 2.95. The lowest BCUT2D eigenvalue weighted by Gasteiger charge is -2.04. The number of ketones is 1. The molecule has 15 heavy (non-hydrogen) atoms. The molecule has 1 aromatic heterocycles. The molecule has 0 saturated heterocycles. The molecule has 0 aromatic carbocycles. The second-order valence-electron chi connectivity index (χ2n) is 3.64. The van der Waals surface area contributed by atoms with E-state index in [1.54, 1.807) is 24.9 Å². The average Bonchev–Trinajstić information content (AvgIpc) is 2.58. The molecular weight excluding hydrogens is 190 g/mol. The van der Waals surface area contributed by atoms with Gasteiger partial charge in [-0.2, -0.15) is 10.4 Å². The fraction of sp³-hybridized carbons (Fsp3) is 0.545. The van der Waals surface area contributed by atoms with Gasteiger partial charge in [0.1, 0.15) is 0 Å². The quantitative estimate of drug-likeness (QED) is 0.703. The van der Waals surface area contributed by atoms with Crippen LogP contribution in [0.5, 0.6) is 0 Å². The summed E-state index contributed by atoms with van der Waals surface area (Å²) < 4.78 is 1.64. The highest BCUT2D eigenvalue weighted by molar-refractivity contribution is 5.98. The van der Waals surface area contributed by atoms with Crippen LogP contribution < -0.4 is 0 Å². The number of carbonyl (C=O) groups is 1. The number of carbonyl (C=O) groups excluding carboxylic acids is 1. The van der Waals surface area contributed by atoms with Crippen molar-refractivity contribution in [3.05, 3.63) is 17.5 Å². The SMILES string of the molecule is CCc1nn(C)cc1C(=O)C(C)CC#N. The monoisotopic (exact) mass is 205 g/mol. The molecule has 80 valence electrons. The molecule has 0 saturated carbocycles. The van der Waals surface area contributed by atoms with Gasteiger partial charge in [0.15, 0.2) is 5.78 Å². The van der Waals surface area contributed by atoms with E-state index in [4.69, 9.17) is 5.26 Å². The van der Waals surface area contributed by atoms with Crippen molar-refractivity contribution in [2.45, 2.75) is 26.7 Å². The number of rotatable bonds is 4. The Bertz CT molecular complexity index is 400. The molecule has 4 heteroatoms. The van der Waals surface area contributed by atoms with Gasteiger partial charge in [-0.05, 0) is 6.42 Å². The molecule has 4 nitrogen and oxygen atoms in total. The van der Waals surface area contributed by atoms with Crippen LogP contribution >= 0.6 is 0 Å². The molecule has 0 amide bonds. The molecule has 0 N–H and O–H groups in total. The zero-order chi connectivity index (χ0) is 11.4. The first-order valence-electron chi connectivity index (χ1n) is 5.03. The van der Waals surface area contributed by atoms with Crippen molar-refractivity contribution in [1.82, 2.24) is 9.78 Å². The Morgan fingerprint density at radius 1 is 1.73 bits per heavy atom. The maximum atomic E-state index is 11.9. The molecule has 0 fully saturated rings. The van der Waals surface area contributed by atoms with Crippen molar-refractivity contribution in [3.63, 3.8) is 0 Å². The summed E-state index contributed by atoms with van der Waals surface area (Å²) in [5.41, 5.74) is 1.47. The van der Waals surface area contributed by atoms with Crippen molar-refractivity contribution in [2.75, 3.05) is 0 Å². The van der Waals surface area contributed by atoms with Crippen LogP contribution in [-0.4, -0.2) is 15.6 Å².